The Kier molecular flexibility index (Phi) is 9.67. The average molecular weight is 610 g/mol. The Morgan fingerprint density at radius 3 is 2.27 bits per heavy atom. The molecule has 1 saturated carbocycles. The maximum absolute atomic E-state index is 13.9. The van der Waals surface area contributed by atoms with E-state index in [2.05, 4.69) is 30.1 Å². The molecule has 1 aliphatic carbocycles. The Morgan fingerprint density at radius 2 is 1.67 bits per heavy atom. The summed E-state index contributed by atoms with van der Waals surface area (Å²) in [5, 5.41) is 9.11. The van der Waals surface area contributed by atoms with E-state index in [4.69, 9.17) is 15.0 Å². The van der Waals surface area contributed by atoms with E-state index in [0.29, 0.717) is 50.0 Å². The summed E-state index contributed by atoms with van der Waals surface area (Å²) in [4.78, 5) is 38.9. The van der Waals surface area contributed by atoms with E-state index in [9.17, 15) is 9.59 Å². The van der Waals surface area contributed by atoms with Crippen LogP contribution < -0.4 is 0 Å². The summed E-state index contributed by atoms with van der Waals surface area (Å²) in [5.41, 5.74) is 7.29. The first-order valence-corrected chi connectivity index (χ1v) is 16.6. The second-order valence-corrected chi connectivity index (χ2v) is 13.3. The molecule has 2 fully saturated rings. The van der Waals surface area contributed by atoms with E-state index in [-0.39, 0.29) is 12.0 Å². The fourth-order valence-electron chi connectivity index (χ4n) is 6.54. The van der Waals surface area contributed by atoms with Gasteiger partial charge in [0.15, 0.2) is 0 Å². The second-order valence-electron chi connectivity index (χ2n) is 13.3. The van der Waals surface area contributed by atoms with Gasteiger partial charge in [0.05, 0.1) is 29.6 Å². The van der Waals surface area contributed by atoms with Crippen LogP contribution in [0.5, 0.6) is 0 Å². The van der Waals surface area contributed by atoms with Crippen molar-refractivity contribution < 1.29 is 14.3 Å². The van der Waals surface area contributed by atoms with E-state index in [1.165, 1.54) is 17.5 Å². The Hall–Kier alpha value is -4.12. The highest BCUT2D eigenvalue weighted by molar-refractivity contribution is 5.97. The number of aryl methyl sites for hydroxylation is 1. The first-order valence-electron chi connectivity index (χ1n) is 16.6. The predicted octanol–water partition coefficient (Wildman–Crippen LogP) is 7.86. The molecule has 0 spiro atoms. The van der Waals surface area contributed by atoms with Crippen LogP contribution in [0.1, 0.15) is 123 Å². The van der Waals surface area contributed by atoms with Gasteiger partial charge in [0.1, 0.15) is 11.4 Å². The van der Waals surface area contributed by atoms with Crippen molar-refractivity contribution in [2.45, 2.75) is 104 Å². The molecule has 0 unspecified atom stereocenters. The minimum Gasteiger partial charge on any atom is -0.444 e. The van der Waals surface area contributed by atoms with Crippen molar-refractivity contribution in [2.24, 2.45) is 0 Å². The normalized spacial score (nSPS) is 17.0. The number of piperidine rings is 1. The molecule has 238 valence electrons. The third-order valence-electron chi connectivity index (χ3n) is 9.20. The summed E-state index contributed by atoms with van der Waals surface area (Å²) in [6, 6.07) is 14.3. The molecule has 3 aromatic rings. The number of nitrogens with one attached hydrogen (secondary N) is 1. The number of amides is 2. The van der Waals surface area contributed by atoms with Gasteiger partial charge in [-0.2, -0.15) is 5.26 Å². The number of nitrogens with zero attached hydrogens (tertiary/aromatic N) is 4. The maximum atomic E-state index is 13.9. The molecule has 1 aromatic heterocycles. The molecule has 2 aliphatic heterocycles. The van der Waals surface area contributed by atoms with E-state index >= 15 is 0 Å². The molecule has 1 saturated heterocycles. The molecule has 2 amide bonds. The number of imidazole rings is 1. The SMILES string of the molecule is CC.Cc1cc(C2CCC2)c(-c2nc3c([nH]2)CN(C(=O)OC(C)(C)C)CC3)cc1C(=O)N1CCC(c2ccc(C#N)cc2)CC1. The average Bonchev–Trinajstić information content (AvgIpc) is 3.44. The van der Waals surface area contributed by atoms with Crippen LogP contribution >= 0.6 is 0 Å². The predicted molar refractivity (Wildman–Crippen MR) is 176 cm³/mol. The van der Waals surface area contributed by atoms with E-state index in [1.54, 1.807) is 4.90 Å². The molecule has 8 nitrogen and oxygen atoms in total. The zero-order chi connectivity index (χ0) is 32.3. The summed E-state index contributed by atoms with van der Waals surface area (Å²) in [5.74, 6) is 1.72. The molecule has 3 aliphatic rings. The number of hydrogen-bond donors (Lipinski definition) is 1. The van der Waals surface area contributed by atoms with Crippen LogP contribution in [-0.2, 0) is 17.7 Å². The quantitative estimate of drug-likeness (QED) is 0.324. The molecular weight excluding hydrogens is 562 g/mol. The van der Waals surface area contributed by atoms with Crippen LogP contribution in [0.2, 0.25) is 0 Å². The third kappa shape index (κ3) is 7.08. The Labute approximate surface area is 267 Å². The number of aromatic nitrogens is 2. The fourth-order valence-corrected chi connectivity index (χ4v) is 6.54. The molecule has 3 heterocycles. The van der Waals surface area contributed by atoms with Crippen molar-refractivity contribution in [1.29, 1.82) is 5.26 Å². The molecule has 0 atom stereocenters. The molecule has 45 heavy (non-hydrogen) atoms. The van der Waals surface area contributed by atoms with Crippen LogP contribution in [0.4, 0.5) is 4.79 Å². The van der Waals surface area contributed by atoms with Gasteiger partial charge in [-0.3, -0.25) is 4.79 Å². The summed E-state index contributed by atoms with van der Waals surface area (Å²) in [6.45, 7) is 14.1. The van der Waals surface area contributed by atoms with Crippen LogP contribution in [0.3, 0.4) is 0 Å². The lowest BCUT2D eigenvalue weighted by molar-refractivity contribution is 0.0220. The topological polar surface area (TPSA) is 102 Å². The highest BCUT2D eigenvalue weighted by Gasteiger charge is 2.31. The van der Waals surface area contributed by atoms with E-state index < -0.39 is 5.60 Å². The van der Waals surface area contributed by atoms with Gasteiger partial charge in [-0.25, -0.2) is 9.78 Å². The summed E-state index contributed by atoms with van der Waals surface area (Å²) < 4.78 is 5.61. The molecule has 2 aromatic carbocycles. The van der Waals surface area contributed by atoms with E-state index in [0.717, 1.165) is 59.6 Å². The Morgan fingerprint density at radius 1 is 0.978 bits per heavy atom. The lowest BCUT2D eigenvalue weighted by Gasteiger charge is -2.33. The summed E-state index contributed by atoms with van der Waals surface area (Å²) >= 11 is 0. The standard InChI is InChI=1S/C35H41N5O3.C2H6/c1-22-18-28(26-6-5-7-26)29(32-37-30-14-17-40(21-31(30)38-32)34(42)43-35(2,3)4)19-27(22)33(41)39-15-12-25(13-16-39)24-10-8-23(20-36)9-11-24;1-2/h8-11,18-19,25-26H,5-7,12-17,21H2,1-4H3,(H,37,38);1-2H3. The first kappa shape index (κ1) is 32.3. The number of benzene rings is 2. The molecule has 0 radical (unpaired) electrons. The fraction of sp³-hybridized carbons (Fsp3) is 0.514. The van der Waals surface area contributed by atoms with Gasteiger partial charge in [0.25, 0.3) is 5.91 Å². The van der Waals surface area contributed by atoms with Crippen molar-refractivity contribution in [3.63, 3.8) is 0 Å². The zero-order valence-electron chi connectivity index (χ0n) is 27.7. The van der Waals surface area contributed by atoms with Gasteiger partial charge >= 0.3 is 6.09 Å². The van der Waals surface area contributed by atoms with Gasteiger partial charge in [0.2, 0.25) is 0 Å². The third-order valence-corrected chi connectivity index (χ3v) is 9.20. The van der Waals surface area contributed by atoms with Gasteiger partial charge < -0.3 is 19.5 Å². The first-order chi connectivity index (χ1) is 21.6. The summed E-state index contributed by atoms with van der Waals surface area (Å²) in [6.07, 6.45) is 5.68. The second kappa shape index (κ2) is 13.5. The van der Waals surface area contributed by atoms with Crippen molar-refractivity contribution >= 4 is 12.0 Å². The lowest BCUT2D eigenvalue weighted by Crippen LogP contribution is -2.39. The number of H-pyrrole nitrogens is 1. The van der Waals surface area contributed by atoms with Crippen LogP contribution in [0.15, 0.2) is 36.4 Å². The van der Waals surface area contributed by atoms with Crippen molar-refractivity contribution in [3.8, 4) is 17.5 Å². The van der Waals surface area contributed by atoms with Gasteiger partial charge in [-0.15, -0.1) is 0 Å². The smallest absolute Gasteiger partial charge is 0.410 e. The van der Waals surface area contributed by atoms with Crippen molar-refractivity contribution in [2.75, 3.05) is 19.6 Å². The van der Waals surface area contributed by atoms with Gasteiger partial charge in [0, 0.05) is 37.2 Å². The highest BCUT2D eigenvalue weighted by atomic mass is 16.6. The maximum Gasteiger partial charge on any atom is 0.410 e. The number of hydrogen-bond acceptors (Lipinski definition) is 5. The van der Waals surface area contributed by atoms with Crippen LogP contribution in [-0.4, -0.2) is 57.0 Å². The number of aromatic amines is 1. The Bertz CT molecular complexity index is 1560. The number of fused-ring (bicyclic) bond motifs is 1. The van der Waals surface area contributed by atoms with Crippen LogP contribution in [0.25, 0.3) is 11.4 Å². The van der Waals surface area contributed by atoms with E-state index in [1.807, 2.05) is 63.8 Å². The van der Waals surface area contributed by atoms with Gasteiger partial charge in [-0.1, -0.05) is 38.5 Å². The molecule has 0 bridgehead atoms. The molecule has 6 rings (SSSR count). The largest absolute Gasteiger partial charge is 0.444 e. The van der Waals surface area contributed by atoms with Crippen LogP contribution in [0, 0.1) is 18.3 Å². The zero-order valence-corrected chi connectivity index (χ0v) is 27.7. The molecular formula is C37H47N5O3. The van der Waals surface area contributed by atoms with Crippen molar-refractivity contribution in [1.82, 2.24) is 19.8 Å². The number of ether oxygens (including phenoxy) is 1. The van der Waals surface area contributed by atoms with Gasteiger partial charge in [-0.05, 0) is 100 Å². The number of rotatable bonds is 4. The number of likely N-dealkylation sites (tertiary alicyclic amines) is 1. The number of carbonyl (C=O) groups excluding carboxylic acids is 2. The Balaban J connectivity index is 0.00000196. The minimum absolute atomic E-state index is 0.0737. The van der Waals surface area contributed by atoms with Crippen molar-refractivity contribution in [3.05, 3.63) is 75.6 Å². The monoisotopic (exact) mass is 609 g/mol. The lowest BCUT2D eigenvalue weighted by atomic mass is 9.77. The minimum atomic E-state index is -0.544. The highest BCUT2D eigenvalue weighted by Crippen LogP contribution is 2.42. The molecule has 8 heteroatoms. The number of nitriles is 1. The summed E-state index contributed by atoms with van der Waals surface area (Å²) in [7, 11) is 0. The number of carbonyl (C=O) groups is 2. The molecule has 1 N–H and O–H groups in total.